The molecule has 1 N–H and O–H groups in total. The second kappa shape index (κ2) is 6.51. The summed E-state index contributed by atoms with van der Waals surface area (Å²) in [5.41, 5.74) is 1.86. The van der Waals surface area contributed by atoms with Crippen LogP contribution < -0.4 is 0 Å². The van der Waals surface area contributed by atoms with E-state index in [4.69, 9.17) is 11.6 Å². The molecule has 19 heavy (non-hydrogen) atoms. The van der Waals surface area contributed by atoms with Crippen LogP contribution in [-0.4, -0.2) is 11.7 Å². The minimum Gasteiger partial charge on any atom is -0.396 e. The first-order valence-electron chi connectivity index (χ1n) is 5.90. The van der Waals surface area contributed by atoms with E-state index in [0.717, 1.165) is 15.6 Å². The highest BCUT2D eigenvalue weighted by atomic mass is 79.9. The molecule has 0 aliphatic heterocycles. The molecular formula is C15H13BrClFO. The molecule has 0 heterocycles. The van der Waals surface area contributed by atoms with E-state index in [9.17, 15) is 9.50 Å². The lowest BCUT2D eigenvalue weighted by molar-refractivity contribution is 0.264. The van der Waals surface area contributed by atoms with Gasteiger partial charge in [0, 0.05) is 15.4 Å². The molecule has 0 aliphatic carbocycles. The maximum atomic E-state index is 13.0. The third-order valence-electron chi connectivity index (χ3n) is 3.02. The topological polar surface area (TPSA) is 20.2 Å². The molecule has 0 fully saturated rings. The van der Waals surface area contributed by atoms with Gasteiger partial charge >= 0.3 is 0 Å². The van der Waals surface area contributed by atoms with Crippen LogP contribution in [0.15, 0.2) is 46.9 Å². The van der Waals surface area contributed by atoms with Gasteiger partial charge in [-0.05, 0) is 41.8 Å². The van der Waals surface area contributed by atoms with Crippen molar-refractivity contribution in [2.75, 3.05) is 6.61 Å². The predicted octanol–water partition coefficient (Wildman–Crippen LogP) is 4.56. The van der Waals surface area contributed by atoms with Crippen molar-refractivity contribution in [2.45, 2.75) is 12.3 Å². The van der Waals surface area contributed by atoms with Crippen molar-refractivity contribution in [1.82, 2.24) is 0 Å². The van der Waals surface area contributed by atoms with Crippen LogP contribution in [0.3, 0.4) is 0 Å². The Balaban J connectivity index is 2.24. The third kappa shape index (κ3) is 3.78. The van der Waals surface area contributed by atoms with Crippen LogP contribution in [0.5, 0.6) is 0 Å². The molecule has 2 aromatic rings. The molecule has 2 aromatic carbocycles. The number of benzene rings is 2. The zero-order chi connectivity index (χ0) is 13.8. The van der Waals surface area contributed by atoms with Crippen LogP contribution in [-0.2, 0) is 6.42 Å². The summed E-state index contributed by atoms with van der Waals surface area (Å²) in [7, 11) is 0. The van der Waals surface area contributed by atoms with Crippen molar-refractivity contribution in [3.63, 3.8) is 0 Å². The Morgan fingerprint density at radius 3 is 2.63 bits per heavy atom. The molecule has 0 radical (unpaired) electrons. The van der Waals surface area contributed by atoms with Crippen molar-refractivity contribution >= 4 is 27.5 Å². The number of halogens is 3. The normalized spacial score (nSPS) is 12.4. The van der Waals surface area contributed by atoms with E-state index >= 15 is 0 Å². The van der Waals surface area contributed by atoms with Gasteiger partial charge in [0.2, 0.25) is 0 Å². The van der Waals surface area contributed by atoms with Crippen molar-refractivity contribution in [3.05, 3.63) is 68.9 Å². The van der Waals surface area contributed by atoms with E-state index in [2.05, 4.69) is 15.9 Å². The van der Waals surface area contributed by atoms with Gasteiger partial charge in [0.25, 0.3) is 0 Å². The molecule has 100 valence electrons. The average Bonchev–Trinajstić information content (AvgIpc) is 2.38. The van der Waals surface area contributed by atoms with E-state index < -0.39 is 0 Å². The van der Waals surface area contributed by atoms with E-state index in [0.29, 0.717) is 11.4 Å². The molecule has 0 aromatic heterocycles. The van der Waals surface area contributed by atoms with Crippen molar-refractivity contribution in [1.29, 1.82) is 0 Å². The molecule has 0 spiro atoms. The zero-order valence-electron chi connectivity index (χ0n) is 10.1. The summed E-state index contributed by atoms with van der Waals surface area (Å²) in [6.45, 7) is 0.0180. The molecule has 0 amide bonds. The summed E-state index contributed by atoms with van der Waals surface area (Å²) < 4.78 is 14.0. The molecule has 2 rings (SSSR count). The second-order valence-corrected chi connectivity index (χ2v) is 5.70. The minimum absolute atomic E-state index is 0.0180. The van der Waals surface area contributed by atoms with Crippen LogP contribution in [0.25, 0.3) is 0 Å². The Hall–Kier alpha value is -0.900. The van der Waals surface area contributed by atoms with Gasteiger partial charge in [-0.2, -0.15) is 0 Å². The lowest BCUT2D eigenvalue weighted by Gasteiger charge is -2.16. The first-order valence-corrected chi connectivity index (χ1v) is 7.07. The van der Waals surface area contributed by atoms with Gasteiger partial charge < -0.3 is 5.11 Å². The summed E-state index contributed by atoms with van der Waals surface area (Å²) in [6, 6.07) is 12.1. The molecular weight excluding hydrogens is 331 g/mol. The Morgan fingerprint density at radius 2 is 2.00 bits per heavy atom. The van der Waals surface area contributed by atoms with E-state index in [1.807, 2.05) is 24.3 Å². The monoisotopic (exact) mass is 342 g/mol. The van der Waals surface area contributed by atoms with E-state index in [-0.39, 0.29) is 18.3 Å². The molecule has 1 atom stereocenters. The van der Waals surface area contributed by atoms with Crippen LogP contribution >= 0.6 is 27.5 Å². The van der Waals surface area contributed by atoms with Crippen LogP contribution in [0, 0.1) is 5.82 Å². The van der Waals surface area contributed by atoms with Crippen molar-refractivity contribution in [3.8, 4) is 0 Å². The number of aliphatic hydroxyl groups is 1. The van der Waals surface area contributed by atoms with Crippen LogP contribution in [0.1, 0.15) is 17.0 Å². The fourth-order valence-corrected chi connectivity index (χ4v) is 2.66. The number of rotatable bonds is 4. The summed E-state index contributed by atoms with van der Waals surface area (Å²) in [4.78, 5) is 0. The Bertz CT molecular complexity index is 574. The fourth-order valence-electron chi connectivity index (χ4n) is 2.00. The van der Waals surface area contributed by atoms with E-state index in [1.54, 1.807) is 6.07 Å². The van der Waals surface area contributed by atoms with Gasteiger partial charge in [0.05, 0.1) is 6.61 Å². The van der Waals surface area contributed by atoms with E-state index in [1.165, 1.54) is 12.1 Å². The van der Waals surface area contributed by atoms with Crippen molar-refractivity contribution < 1.29 is 9.50 Å². The Labute approximate surface area is 125 Å². The zero-order valence-corrected chi connectivity index (χ0v) is 12.5. The average molecular weight is 344 g/mol. The predicted molar refractivity (Wildman–Crippen MR) is 79.1 cm³/mol. The SMILES string of the molecule is OCC(Cc1ccc(F)cc1Cl)c1cccc(Br)c1. The maximum absolute atomic E-state index is 13.0. The highest BCUT2D eigenvalue weighted by Gasteiger charge is 2.14. The van der Waals surface area contributed by atoms with Gasteiger partial charge in [-0.3, -0.25) is 0 Å². The highest BCUT2D eigenvalue weighted by molar-refractivity contribution is 9.10. The summed E-state index contributed by atoms with van der Waals surface area (Å²) in [6.07, 6.45) is 0.575. The standard InChI is InChI=1S/C15H13BrClFO/c16-13-3-1-2-10(7-13)12(9-19)6-11-4-5-14(18)8-15(11)17/h1-5,7-8,12,19H,6,9H2. The third-order valence-corrected chi connectivity index (χ3v) is 3.87. The molecule has 0 aliphatic rings. The second-order valence-electron chi connectivity index (χ2n) is 4.37. The van der Waals surface area contributed by atoms with Crippen molar-refractivity contribution in [2.24, 2.45) is 0 Å². The van der Waals surface area contributed by atoms with Gasteiger partial charge in [0.1, 0.15) is 5.82 Å². The first kappa shape index (κ1) is 14.5. The largest absolute Gasteiger partial charge is 0.396 e. The molecule has 1 nitrogen and oxygen atoms in total. The van der Waals surface area contributed by atoms with Crippen LogP contribution in [0.2, 0.25) is 5.02 Å². The molecule has 0 saturated heterocycles. The van der Waals surface area contributed by atoms with Crippen LogP contribution in [0.4, 0.5) is 4.39 Å². The smallest absolute Gasteiger partial charge is 0.124 e. The number of hydrogen-bond donors (Lipinski definition) is 1. The summed E-state index contributed by atoms with van der Waals surface area (Å²) in [5, 5.41) is 9.94. The lowest BCUT2D eigenvalue weighted by Crippen LogP contribution is -2.08. The minimum atomic E-state index is -0.350. The maximum Gasteiger partial charge on any atom is 0.124 e. The highest BCUT2D eigenvalue weighted by Crippen LogP contribution is 2.27. The summed E-state index contributed by atoms with van der Waals surface area (Å²) >= 11 is 9.43. The molecule has 0 saturated carbocycles. The Morgan fingerprint density at radius 1 is 1.21 bits per heavy atom. The Kier molecular flexibility index (Phi) is 4.97. The lowest BCUT2D eigenvalue weighted by atomic mass is 9.93. The van der Waals surface area contributed by atoms with Gasteiger partial charge in [-0.25, -0.2) is 4.39 Å². The molecule has 0 bridgehead atoms. The summed E-state index contributed by atoms with van der Waals surface area (Å²) in [5.74, 6) is -0.405. The number of aliphatic hydroxyl groups excluding tert-OH is 1. The fraction of sp³-hybridized carbons (Fsp3) is 0.200. The van der Waals surface area contributed by atoms with Gasteiger partial charge in [0.15, 0.2) is 0 Å². The molecule has 4 heteroatoms. The molecule has 1 unspecified atom stereocenters. The first-order chi connectivity index (χ1) is 9.10. The quantitative estimate of drug-likeness (QED) is 0.863. The van der Waals surface area contributed by atoms with Gasteiger partial charge in [-0.1, -0.05) is 45.7 Å². The van der Waals surface area contributed by atoms with Gasteiger partial charge in [-0.15, -0.1) is 0 Å². The number of hydrogen-bond acceptors (Lipinski definition) is 1.